The molecule has 34 heavy (non-hydrogen) atoms. The zero-order valence-corrected chi connectivity index (χ0v) is 19.3. The summed E-state index contributed by atoms with van der Waals surface area (Å²) in [6.45, 7) is 5.41. The van der Waals surface area contributed by atoms with E-state index in [9.17, 15) is 9.59 Å². The van der Waals surface area contributed by atoms with E-state index in [-0.39, 0.29) is 11.5 Å². The Morgan fingerprint density at radius 1 is 0.765 bits per heavy atom. The van der Waals surface area contributed by atoms with Gasteiger partial charge in [0.05, 0.1) is 16.8 Å². The Morgan fingerprint density at radius 2 is 1.47 bits per heavy atom. The second-order valence-corrected chi connectivity index (χ2v) is 8.78. The second-order valence-electron chi connectivity index (χ2n) is 8.78. The average molecular weight is 452 g/mol. The van der Waals surface area contributed by atoms with E-state index in [1.807, 2.05) is 48.5 Å². The first-order valence-electron chi connectivity index (χ1n) is 10.9. The van der Waals surface area contributed by atoms with Crippen molar-refractivity contribution in [1.82, 2.24) is 9.97 Å². The minimum atomic E-state index is -0.667. The zero-order chi connectivity index (χ0) is 24.1. The van der Waals surface area contributed by atoms with Crippen LogP contribution in [-0.4, -0.2) is 27.4 Å². The summed E-state index contributed by atoms with van der Waals surface area (Å²) in [7, 11) is 0. The van der Waals surface area contributed by atoms with Crippen LogP contribution < -0.4 is 5.32 Å². The van der Waals surface area contributed by atoms with Crippen LogP contribution in [0.1, 0.15) is 41.5 Å². The van der Waals surface area contributed by atoms with Gasteiger partial charge in [0, 0.05) is 30.4 Å². The molecule has 2 heterocycles. The van der Waals surface area contributed by atoms with Crippen LogP contribution in [0.5, 0.6) is 0 Å². The number of aromatic nitrogens is 2. The lowest BCUT2D eigenvalue weighted by Gasteiger charge is -2.21. The Labute approximate surface area is 198 Å². The molecule has 4 aromatic rings. The Bertz CT molecular complexity index is 1310. The van der Waals surface area contributed by atoms with Crippen LogP contribution in [0.3, 0.4) is 0 Å². The number of ether oxygens (including phenoxy) is 1. The van der Waals surface area contributed by atoms with Gasteiger partial charge in [-0.1, -0.05) is 36.4 Å². The topological polar surface area (TPSA) is 81.2 Å². The Hall–Kier alpha value is -4.32. The normalized spacial score (nSPS) is 11.0. The highest BCUT2D eigenvalue weighted by molar-refractivity contribution is 6.08. The lowest BCUT2D eigenvalue weighted by molar-refractivity contribution is 0.00708. The first kappa shape index (κ1) is 22.9. The SMILES string of the molecule is CC(C)(C)OC(=O)c1ccc(-c2ccccc2)cc1NC(=O)c1cncc(-c2ccncc2)c1. The highest BCUT2D eigenvalue weighted by Crippen LogP contribution is 2.28. The molecule has 0 saturated carbocycles. The standard InChI is InChI=1S/C28H25N3O3/c1-28(2,3)34-27(33)24-10-9-21(19-7-5-4-6-8-19)16-25(24)31-26(32)23-15-22(17-30-18-23)20-11-13-29-14-12-20/h4-18H,1-3H3,(H,31,32). The van der Waals surface area contributed by atoms with E-state index in [0.717, 1.165) is 22.3 Å². The number of hydrogen-bond donors (Lipinski definition) is 1. The summed E-state index contributed by atoms with van der Waals surface area (Å²) in [4.78, 5) is 34.3. The first-order valence-corrected chi connectivity index (χ1v) is 10.9. The van der Waals surface area contributed by atoms with Gasteiger partial charge in [-0.05, 0) is 67.8 Å². The van der Waals surface area contributed by atoms with Crippen LogP contribution in [0.4, 0.5) is 5.69 Å². The number of hydrogen-bond acceptors (Lipinski definition) is 5. The Kier molecular flexibility index (Phi) is 6.50. The van der Waals surface area contributed by atoms with Crippen molar-refractivity contribution in [2.75, 3.05) is 5.32 Å². The third-order valence-electron chi connectivity index (χ3n) is 5.01. The van der Waals surface area contributed by atoms with Crippen LogP contribution >= 0.6 is 0 Å². The zero-order valence-electron chi connectivity index (χ0n) is 19.3. The molecule has 0 spiro atoms. The number of amides is 1. The molecule has 6 nitrogen and oxygen atoms in total. The summed E-state index contributed by atoms with van der Waals surface area (Å²) >= 11 is 0. The van der Waals surface area contributed by atoms with Gasteiger partial charge in [-0.25, -0.2) is 4.79 Å². The van der Waals surface area contributed by atoms with Crippen molar-refractivity contribution in [3.63, 3.8) is 0 Å². The van der Waals surface area contributed by atoms with Crippen molar-refractivity contribution in [2.45, 2.75) is 26.4 Å². The predicted octanol–water partition coefficient (Wildman–Crippen LogP) is 6.02. The third kappa shape index (κ3) is 5.53. The molecule has 170 valence electrons. The van der Waals surface area contributed by atoms with E-state index in [2.05, 4.69) is 15.3 Å². The number of nitrogens with zero attached hydrogens (tertiary/aromatic N) is 2. The number of carbonyl (C=O) groups is 2. The number of rotatable bonds is 5. The molecule has 2 aromatic heterocycles. The Morgan fingerprint density at radius 3 is 2.18 bits per heavy atom. The van der Waals surface area contributed by atoms with E-state index in [1.54, 1.807) is 57.6 Å². The van der Waals surface area contributed by atoms with Gasteiger partial charge in [-0.2, -0.15) is 0 Å². The molecule has 0 aliphatic heterocycles. The largest absolute Gasteiger partial charge is 0.456 e. The monoisotopic (exact) mass is 451 g/mol. The maximum Gasteiger partial charge on any atom is 0.340 e. The summed E-state index contributed by atoms with van der Waals surface area (Å²) in [5.74, 6) is -0.885. The van der Waals surface area contributed by atoms with Crippen LogP contribution in [-0.2, 0) is 4.74 Å². The fourth-order valence-electron chi connectivity index (χ4n) is 3.43. The number of nitrogens with one attached hydrogen (secondary N) is 1. The molecule has 4 rings (SSSR count). The average Bonchev–Trinajstić information content (AvgIpc) is 2.84. The summed E-state index contributed by atoms with van der Waals surface area (Å²) in [5.41, 5.74) is 3.88. The number of benzene rings is 2. The second kappa shape index (κ2) is 9.67. The van der Waals surface area contributed by atoms with Crippen molar-refractivity contribution >= 4 is 17.6 Å². The summed E-state index contributed by atoms with van der Waals surface area (Å²) in [6, 6.07) is 20.5. The molecule has 1 amide bonds. The molecular formula is C28H25N3O3. The maximum atomic E-state index is 13.2. The number of pyridine rings is 2. The third-order valence-corrected chi connectivity index (χ3v) is 5.01. The van der Waals surface area contributed by atoms with Crippen LogP contribution in [0.2, 0.25) is 0 Å². The molecule has 0 bridgehead atoms. The van der Waals surface area contributed by atoms with Crippen molar-refractivity contribution in [1.29, 1.82) is 0 Å². The van der Waals surface area contributed by atoms with E-state index in [1.165, 1.54) is 6.20 Å². The van der Waals surface area contributed by atoms with Crippen molar-refractivity contribution in [3.05, 3.63) is 103 Å². The fourth-order valence-corrected chi connectivity index (χ4v) is 3.43. The molecule has 0 radical (unpaired) electrons. The molecule has 6 heteroatoms. The molecule has 2 aromatic carbocycles. The van der Waals surface area contributed by atoms with Crippen LogP contribution in [0.15, 0.2) is 91.5 Å². The van der Waals surface area contributed by atoms with E-state index < -0.39 is 11.6 Å². The van der Waals surface area contributed by atoms with Gasteiger partial charge in [-0.15, -0.1) is 0 Å². The van der Waals surface area contributed by atoms with Gasteiger partial charge in [0.15, 0.2) is 0 Å². The van der Waals surface area contributed by atoms with Crippen molar-refractivity contribution in [3.8, 4) is 22.3 Å². The number of esters is 1. The first-order chi connectivity index (χ1) is 16.3. The molecule has 0 fully saturated rings. The lowest BCUT2D eigenvalue weighted by atomic mass is 10.0. The van der Waals surface area contributed by atoms with Crippen LogP contribution in [0, 0.1) is 0 Å². The minimum absolute atomic E-state index is 0.279. The maximum absolute atomic E-state index is 13.2. The molecule has 0 aliphatic carbocycles. The van der Waals surface area contributed by atoms with Gasteiger partial charge in [0.2, 0.25) is 0 Å². The number of anilines is 1. The molecule has 0 unspecified atom stereocenters. The van der Waals surface area contributed by atoms with E-state index in [0.29, 0.717) is 11.3 Å². The minimum Gasteiger partial charge on any atom is -0.456 e. The van der Waals surface area contributed by atoms with Crippen LogP contribution in [0.25, 0.3) is 22.3 Å². The van der Waals surface area contributed by atoms with Gasteiger partial charge >= 0.3 is 5.97 Å². The Balaban J connectivity index is 1.69. The van der Waals surface area contributed by atoms with Gasteiger partial charge < -0.3 is 10.1 Å². The number of carbonyl (C=O) groups excluding carboxylic acids is 2. The molecule has 1 N–H and O–H groups in total. The fraction of sp³-hybridized carbons (Fsp3) is 0.143. The van der Waals surface area contributed by atoms with Gasteiger partial charge in [0.1, 0.15) is 5.60 Å². The molecule has 0 saturated heterocycles. The van der Waals surface area contributed by atoms with Crippen molar-refractivity contribution in [2.24, 2.45) is 0 Å². The smallest absolute Gasteiger partial charge is 0.340 e. The van der Waals surface area contributed by atoms with E-state index >= 15 is 0 Å². The van der Waals surface area contributed by atoms with Gasteiger partial charge in [0.25, 0.3) is 5.91 Å². The van der Waals surface area contributed by atoms with E-state index in [4.69, 9.17) is 4.74 Å². The molecular weight excluding hydrogens is 426 g/mol. The molecule has 0 atom stereocenters. The predicted molar refractivity (Wildman–Crippen MR) is 132 cm³/mol. The highest BCUT2D eigenvalue weighted by atomic mass is 16.6. The van der Waals surface area contributed by atoms with Gasteiger partial charge in [-0.3, -0.25) is 14.8 Å². The highest BCUT2D eigenvalue weighted by Gasteiger charge is 2.22. The van der Waals surface area contributed by atoms with Crippen molar-refractivity contribution < 1.29 is 14.3 Å². The summed E-state index contributed by atoms with van der Waals surface area (Å²) in [6.07, 6.45) is 6.55. The quantitative estimate of drug-likeness (QED) is 0.375. The summed E-state index contributed by atoms with van der Waals surface area (Å²) < 4.78 is 5.57. The lowest BCUT2D eigenvalue weighted by Crippen LogP contribution is -2.25. The summed E-state index contributed by atoms with van der Waals surface area (Å²) in [5, 5.41) is 2.89. The molecule has 0 aliphatic rings.